The van der Waals surface area contributed by atoms with E-state index in [1.54, 1.807) is 11.6 Å². The Morgan fingerprint density at radius 1 is 1.57 bits per heavy atom. The van der Waals surface area contributed by atoms with Crippen molar-refractivity contribution >= 4 is 17.2 Å². The van der Waals surface area contributed by atoms with E-state index in [1.807, 2.05) is 30.2 Å². The van der Waals surface area contributed by atoms with Crippen LogP contribution in [0.15, 0.2) is 29.9 Å². The highest BCUT2D eigenvalue weighted by Gasteiger charge is 2.31. The van der Waals surface area contributed by atoms with Crippen molar-refractivity contribution in [1.29, 1.82) is 0 Å². The SMILES string of the molecule is CC(N)c1nc(C(=O)N2CCCC2c2cccnc2)cs1. The maximum absolute atomic E-state index is 12.7. The van der Waals surface area contributed by atoms with Gasteiger partial charge >= 0.3 is 0 Å². The van der Waals surface area contributed by atoms with Gasteiger partial charge in [0.1, 0.15) is 10.7 Å². The highest BCUT2D eigenvalue weighted by molar-refractivity contribution is 7.09. The highest BCUT2D eigenvalue weighted by atomic mass is 32.1. The quantitative estimate of drug-likeness (QED) is 0.945. The first-order chi connectivity index (χ1) is 10.2. The number of nitrogens with two attached hydrogens (primary N) is 1. The van der Waals surface area contributed by atoms with E-state index in [0.29, 0.717) is 5.69 Å². The third-order valence-electron chi connectivity index (χ3n) is 3.71. The van der Waals surface area contributed by atoms with Crippen LogP contribution in [-0.4, -0.2) is 27.3 Å². The van der Waals surface area contributed by atoms with Crippen molar-refractivity contribution in [2.24, 2.45) is 5.73 Å². The first-order valence-electron chi connectivity index (χ1n) is 7.08. The van der Waals surface area contributed by atoms with E-state index in [4.69, 9.17) is 5.73 Å². The third kappa shape index (κ3) is 2.82. The van der Waals surface area contributed by atoms with E-state index in [9.17, 15) is 4.79 Å². The van der Waals surface area contributed by atoms with Gasteiger partial charge < -0.3 is 10.6 Å². The van der Waals surface area contributed by atoms with Crippen molar-refractivity contribution in [3.8, 4) is 0 Å². The largest absolute Gasteiger partial charge is 0.330 e. The fourth-order valence-electron chi connectivity index (χ4n) is 2.67. The van der Waals surface area contributed by atoms with Gasteiger partial charge in [-0.25, -0.2) is 4.98 Å². The van der Waals surface area contributed by atoms with Crippen LogP contribution >= 0.6 is 11.3 Å². The summed E-state index contributed by atoms with van der Waals surface area (Å²) in [5.41, 5.74) is 7.41. The molecule has 2 atom stereocenters. The molecule has 6 heteroatoms. The van der Waals surface area contributed by atoms with Gasteiger partial charge in [0.05, 0.1) is 12.1 Å². The number of hydrogen-bond donors (Lipinski definition) is 1. The van der Waals surface area contributed by atoms with E-state index in [-0.39, 0.29) is 18.0 Å². The maximum Gasteiger partial charge on any atom is 0.273 e. The van der Waals surface area contributed by atoms with Gasteiger partial charge in [-0.15, -0.1) is 11.3 Å². The van der Waals surface area contributed by atoms with Gasteiger partial charge in [-0.3, -0.25) is 9.78 Å². The van der Waals surface area contributed by atoms with Crippen molar-refractivity contribution in [2.45, 2.75) is 31.8 Å². The Labute approximate surface area is 127 Å². The summed E-state index contributed by atoms with van der Waals surface area (Å²) in [6.45, 7) is 2.64. The van der Waals surface area contributed by atoms with Crippen molar-refractivity contribution < 1.29 is 4.79 Å². The van der Waals surface area contributed by atoms with Gasteiger partial charge in [0.2, 0.25) is 0 Å². The van der Waals surface area contributed by atoms with E-state index in [2.05, 4.69) is 9.97 Å². The number of likely N-dealkylation sites (tertiary alicyclic amines) is 1. The van der Waals surface area contributed by atoms with Crippen molar-refractivity contribution in [3.05, 3.63) is 46.2 Å². The molecular weight excluding hydrogens is 284 g/mol. The molecule has 0 spiro atoms. The summed E-state index contributed by atoms with van der Waals surface area (Å²) in [6.07, 6.45) is 5.57. The first kappa shape index (κ1) is 14.2. The maximum atomic E-state index is 12.7. The number of pyridine rings is 1. The zero-order chi connectivity index (χ0) is 14.8. The summed E-state index contributed by atoms with van der Waals surface area (Å²) in [4.78, 5) is 23.1. The van der Waals surface area contributed by atoms with Crippen LogP contribution in [0.3, 0.4) is 0 Å². The molecule has 1 fully saturated rings. The van der Waals surface area contributed by atoms with Crippen LogP contribution in [0.4, 0.5) is 0 Å². The van der Waals surface area contributed by atoms with Crippen LogP contribution in [0.1, 0.15) is 52.9 Å². The van der Waals surface area contributed by atoms with Gasteiger partial charge in [-0.05, 0) is 31.4 Å². The summed E-state index contributed by atoms with van der Waals surface area (Å²) in [7, 11) is 0. The van der Waals surface area contributed by atoms with E-state index >= 15 is 0 Å². The number of hydrogen-bond acceptors (Lipinski definition) is 5. The molecule has 2 aromatic heterocycles. The lowest BCUT2D eigenvalue weighted by atomic mass is 10.1. The van der Waals surface area contributed by atoms with E-state index in [0.717, 1.165) is 30.0 Å². The Morgan fingerprint density at radius 2 is 2.43 bits per heavy atom. The number of thiazole rings is 1. The monoisotopic (exact) mass is 302 g/mol. The predicted molar refractivity (Wildman–Crippen MR) is 82.0 cm³/mol. The standard InChI is InChI=1S/C15H18N4OS/c1-10(16)14-18-12(9-21-14)15(20)19-7-3-5-13(19)11-4-2-6-17-8-11/h2,4,6,8-10,13H,3,5,7,16H2,1H3. The minimum atomic E-state index is -0.135. The normalized spacial score (nSPS) is 19.7. The molecule has 1 aliphatic heterocycles. The minimum absolute atomic E-state index is 0.00972. The van der Waals surface area contributed by atoms with Gasteiger partial charge in [-0.2, -0.15) is 0 Å². The van der Waals surface area contributed by atoms with E-state index < -0.39 is 0 Å². The average molecular weight is 302 g/mol. The van der Waals surface area contributed by atoms with Gasteiger partial charge in [-0.1, -0.05) is 6.07 Å². The Morgan fingerprint density at radius 3 is 3.10 bits per heavy atom. The molecule has 0 aromatic carbocycles. The lowest BCUT2D eigenvalue weighted by Crippen LogP contribution is -2.31. The second-order valence-electron chi connectivity index (χ2n) is 5.30. The molecule has 21 heavy (non-hydrogen) atoms. The molecule has 3 heterocycles. The van der Waals surface area contributed by atoms with E-state index in [1.165, 1.54) is 11.3 Å². The molecule has 0 bridgehead atoms. The molecule has 2 unspecified atom stereocenters. The summed E-state index contributed by atoms with van der Waals surface area (Å²) >= 11 is 1.45. The van der Waals surface area contributed by atoms with Crippen LogP contribution in [-0.2, 0) is 0 Å². The van der Waals surface area contributed by atoms with Crippen molar-refractivity contribution in [3.63, 3.8) is 0 Å². The number of rotatable bonds is 3. The van der Waals surface area contributed by atoms with Crippen LogP contribution in [0.5, 0.6) is 0 Å². The van der Waals surface area contributed by atoms with Crippen LogP contribution < -0.4 is 5.73 Å². The molecule has 0 aliphatic carbocycles. The summed E-state index contributed by atoms with van der Waals surface area (Å²) < 4.78 is 0. The zero-order valence-electron chi connectivity index (χ0n) is 11.9. The second kappa shape index (κ2) is 5.91. The number of carbonyl (C=O) groups is 1. The molecule has 0 saturated carbocycles. The Kier molecular flexibility index (Phi) is 3.98. The second-order valence-corrected chi connectivity index (χ2v) is 6.19. The molecule has 1 amide bonds. The number of nitrogens with zero attached hydrogens (tertiary/aromatic N) is 3. The molecule has 2 aromatic rings. The average Bonchev–Trinajstić information content (AvgIpc) is 3.17. The predicted octanol–water partition coefficient (Wildman–Crippen LogP) is 2.54. The van der Waals surface area contributed by atoms with Gasteiger partial charge in [0.15, 0.2) is 0 Å². The Balaban J connectivity index is 1.83. The number of aromatic nitrogens is 2. The molecular formula is C15H18N4OS. The molecule has 1 aliphatic rings. The van der Waals surface area contributed by atoms with Crippen LogP contribution in [0.2, 0.25) is 0 Å². The van der Waals surface area contributed by atoms with Crippen molar-refractivity contribution in [1.82, 2.24) is 14.9 Å². The topological polar surface area (TPSA) is 72.1 Å². The van der Waals surface area contributed by atoms with Crippen molar-refractivity contribution in [2.75, 3.05) is 6.54 Å². The molecule has 2 N–H and O–H groups in total. The molecule has 5 nitrogen and oxygen atoms in total. The number of carbonyl (C=O) groups excluding carboxylic acids is 1. The zero-order valence-corrected chi connectivity index (χ0v) is 12.7. The fraction of sp³-hybridized carbons (Fsp3) is 0.400. The Hall–Kier alpha value is -1.79. The molecule has 0 radical (unpaired) electrons. The molecule has 110 valence electrons. The minimum Gasteiger partial charge on any atom is -0.330 e. The smallest absolute Gasteiger partial charge is 0.273 e. The summed E-state index contributed by atoms with van der Waals surface area (Å²) in [5.74, 6) is -0.00972. The lowest BCUT2D eigenvalue weighted by Gasteiger charge is -2.24. The molecule has 1 saturated heterocycles. The summed E-state index contributed by atoms with van der Waals surface area (Å²) in [5, 5.41) is 2.61. The van der Waals surface area contributed by atoms with Crippen LogP contribution in [0, 0.1) is 0 Å². The fourth-order valence-corrected chi connectivity index (χ4v) is 3.42. The first-order valence-corrected chi connectivity index (χ1v) is 7.96. The Bertz CT molecular complexity index is 626. The molecule has 3 rings (SSSR count). The van der Waals surface area contributed by atoms with Crippen LogP contribution in [0.25, 0.3) is 0 Å². The number of amides is 1. The lowest BCUT2D eigenvalue weighted by molar-refractivity contribution is 0.0730. The summed E-state index contributed by atoms with van der Waals surface area (Å²) in [6, 6.07) is 3.90. The van der Waals surface area contributed by atoms with Gasteiger partial charge in [0, 0.05) is 24.3 Å². The highest BCUT2D eigenvalue weighted by Crippen LogP contribution is 2.33. The van der Waals surface area contributed by atoms with Gasteiger partial charge in [0.25, 0.3) is 5.91 Å². The third-order valence-corrected chi connectivity index (χ3v) is 4.76.